The Kier molecular flexibility index (Phi) is 3.31. The molecule has 1 saturated carbocycles. The van der Waals surface area contributed by atoms with E-state index < -0.39 is 0 Å². The summed E-state index contributed by atoms with van der Waals surface area (Å²) < 4.78 is 0. The van der Waals surface area contributed by atoms with Crippen LogP contribution < -0.4 is 5.73 Å². The van der Waals surface area contributed by atoms with Gasteiger partial charge in [-0.1, -0.05) is 52.0 Å². The summed E-state index contributed by atoms with van der Waals surface area (Å²) in [5, 5.41) is 0. The van der Waals surface area contributed by atoms with Crippen molar-refractivity contribution in [3.8, 4) is 0 Å². The molecular weight excluding hydrogens is 206 g/mol. The molecule has 0 saturated heterocycles. The third-order valence-electron chi connectivity index (χ3n) is 5.07. The van der Waals surface area contributed by atoms with E-state index in [1.807, 2.05) is 0 Å². The SMILES string of the molecule is CCc1ccc(C2C(C)C(N)C2(C)CC)cc1. The van der Waals surface area contributed by atoms with Crippen LogP contribution in [0.2, 0.25) is 0 Å². The highest BCUT2D eigenvalue weighted by molar-refractivity contribution is 5.32. The molecule has 1 aliphatic carbocycles. The van der Waals surface area contributed by atoms with E-state index in [1.54, 1.807) is 0 Å². The molecule has 0 bridgehead atoms. The first-order valence-corrected chi connectivity index (χ1v) is 6.89. The van der Waals surface area contributed by atoms with E-state index in [4.69, 9.17) is 5.73 Å². The second-order valence-electron chi connectivity index (χ2n) is 5.82. The molecule has 2 rings (SSSR count). The molecule has 0 spiro atoms. The van der Waals surface area contributed by atoms with E-state index in [9.17, 15) is 0 Å². The molecule has 0 amide bonds. The van der Waals surface area contributed by atoms with Crippen LogP contribution in [0.15, 0.2) is 24.3 Å². The van der Waals surface area contributed by atoms with Crippen LogP contribution in [0, 0.1) is 11.3 Å². The van der Waals surface area contributed by atoms with Gasteiger partial charge in [0, 0.05) is 6.04 Å². The van der Waals surface area contributed by atoms with E-state index >= 15 is 0 Å². The van der Waals surface area contributed by atoms with Crippen molar-refractivity contribution >= 4 is 0 Å². The van der Waals surface area contributed by atoms with Crippen molar-refractivity contribution in [2.75, 3.05) is 0 Å². The summed E-state index contributed by atoms with van der Waals surface area (Å²) in [5.41, 5.74) is 9.47. The van der Waals surface area contributed by atoms with Crippen LogP contribution in [-0.4, -0.2) is 6.04 Å². The molecule has 1 nitrogen and oxygen atoms in total. The summed E-state index contributed by atoms with van der Waals surface area (Å²) in [6, 6.07) is 9.49. The Morgan fingerprint density at radius 2 is 1.76 bits per heavy atom. The molecule has 1 aliphatic rings. The summed E-state index contributed by atoms with van der Waals surface area (Å²) in [5.74, 6) is 1.24. The zero-order valence-electron chi connectivity index (χ0n) is 11.5. The topological polar surface area (TPSA) is 26.0 Å². The monoisotopic (exact) mass is 231 g/mol. The highest BCUT2D eigenvalue weighted by Crippen LogP contribution is 2.57. The largest absolute Gasteiger partial charge is 0.327 e. The lowest BCUT2D eigenvalue weighted by Gasteiger charge is -2.58. The van der Waals surface area contributed by atoms with Crippen LogP contribution in [0.4, 0.5) is 0 Å². The van der Waals surface area contributed by atoms with Gasteiger partial charge in [0.2, 0.25) is 0 Å². The Morgan fingerprint density at radius 3 is 2.24 bits per heavy atom. The molecule has 1 heteroatoms. The fraction of sp³-hybridized carbons (Fsp3) is 0.625. The van der Waals surface area contributed by atoms with Gasteiger partial charge in [0.05, 0.1) is 0 Å². The standard InChI is InChI=1S/C16H25N/c1-5-12-7-9-13(10-8-12)14-11(3)15(17)16(14,4)6-2/h7-11,14-15H,5-6,17H2,1-4H3. The molecular formula is C16H25N. The van der Waals surface area contributed by atoms with Gasteiger partial charge in [0.1, 0.15) is 0 Å². The molecule has 4 atom stereocenters. The normalized spacial score (nSPS) is 36.6. The molecule has 0 aliphatic heterocycles. The quantitative estimate of drug-likeness (QED) is 0.843. The molecule has 1 aromatic carbocycles. The van der Waals surface area contributed by atoms with Crippen molar-refractivity contribution in [2.45, 2.75) is 52.5 Å². The molecule has 17 heavy (non-hydrogen) atoms. The highest BCUT2D eigenvalue weighted by Gasteiger charge is 2.54. The van der Waals surface area contributed by atoms with Crippen molar-refractivity contribution in [3.05, 3.63) is 35.4 Å². The van der Waals surface area contributed by atoms with Crippen molar-refractivity contribution < 1.29 is 0 Å². The Hall–Kier alpha value is -0.820. The fourth-order valence-electron chi connectivity index (χ4n) is 3.60. The third-order valence-corrected chi connectivity index (χ3v) is 5.07. The first kappa shape index (κ1) is 12.6. The lowest BCUT2D eigenvalue weighted by molar-refractivity contribution is 0.00361. The van der Waals surface area contributed by atoms with Gasteiger partial charge in [-0.05, 0) is 41.2 Å². The van der Waals surface area contributed by atoms with Crippen LogP contribution in [0.5, 0.6) is 0 Å². The van der Waals surface area contributed by atoms with Gasteiger partial charge in [-0.3, -0.25) is 0 Å². The summed E-state index contributed by atoms with van der Waals surface area (Å²) in [6.07, 6.45) is 2.28. The van der Waals surface area contributed by atoms with Gasteiger partial charge in [-0.25, -0.2) is 0 Å². The summed E-state index contributed by atoms with van der Waals surface area (Å²) >= 11 is 0. The zero-order valence-corrected chi connectivity index (χ0v) is 11.5. The average molecular weight is 231 g/mol. The van der Waals surface area contributed by atoms with Crippen LogP contribution in [0.3, 0.4) is 0 Å². The van der Waals surface area contributed by atoms with Gasteiger partial charge in [-0.15, -0.1) is 0 Å². The molecule has 0 aromatic heterocycles. The van der Waals surface area contributed by atoms with Crippen LogP contribution in [0.25, 0.3) is 0 Å². The first-order valence-electron chi connectivity index (χ1n) is 6.89. The summed E-state index contributed by atoms with van der Waals surface area (Å²) in [6.45, 7) is 9.10. The Bertz CT molecular complexity index is 381. The number of rotatable bonds is 3. The van der Waals surface area contributed by atoms with Gasteiger partial charge in [0.15, 0.2) is 0 Å². The summed E-state index contributed by atoms with van der Waals surface area (Å²) in [4.78, 5) is 0. The van der Waals surface area contributed by atoms with Crippen molar-refractivity contribution in [3.63, 3.8) is 0 Å². The van der Waals surface area contributed by atoms with E-state index in [-0.39, 0.29) is 5.41 Å². The Balaban J connectivity index is 2.27. The van der Waals surface area contributed by atoms with Gasteiger partial charge >= 0.3 is 0 Å². The van der Waals surface area contributed by atoms with Crippen LogP contribution >= 0.6 is 0 Å². The maximum absolute atomic E-state index is 6.29. The molecule has 1 fully saturated rings. The van der Waals surface area contributed by atoms with Crippen molar-refractivity contribution in [1.29, 1.82) is 0 Å². The van der Waals surface area contributed by atoms with Crippen molar-refractivity contribution in [2.24, 2.45) is 17.1 Å². The average Bonchev–Trinajstić information content (AvgIpc) is 2.38. The third kappa shape index (κ3) is 1.81. The predicted octanol–water partition coefficient (Wildman–Crippen LogP) is 3.73. The highest BCUT2D eigenvalue weighted by atomic mass is 14.8. The first-order chi connectivity index (χ1) is 8.04. The maximum Gasteiger partial charge on any atom is 0.0131 e. The lowest BCUT2D eigenvalue weighted by atomic mass is 9.49. The van der Waals surface area contributed by atoms with E-state index in [0.29, 0.717) is 17.9 Å². The van der Waals surface area contributed by atoms with Crippen molar-refractivity contribution in [1.82, 2.24) is 0 Å². The lowest BCUT2D eigenvalue weighted by Crippen LogP contribution is -2.60. The number of aryl methyl sites for hydroxylation is 1. The molecule has 1 aromatic rings. The fourth-order valence-corrected chi connectivity index (χ4v) is 3.60. The van der Waals surface area contributed by atoms with Crippen LogP contribution in [-0.2, 0) is 6.42 Å². The number of hydrogen-bond acceptors (Lipinski definition) is 1. The van der Waals surface area contributed by atoms with E-state index in [1.165, 1.54) is 17.5 Å². The number of hydrogen-bond donors (Lipinski definition) is 1. The Morgan fingerprint density at radius 1 is 1.18 bits per heavy atom. The molecule has 0 radical (unpaired) electrons. The van der Waals surface area contributed by atoms with Crippen LogP contribution in [0.1, 0.15) is 51.2 Å². The number of benzene rings is 1. The maximum atomic E-state index is 6.29. The van der Waals surface area contributed by atoms with E-state index in [2.05, 4.69) is 52.0 Å². The molecule has 2 N–H and O–H groups in total. The predicted molar refractivity (Wildman–Crippen MR) is 74.1 cm³/mol. The van der Waals surface area contributed by atoms with Gasteiger partial charge in [-0.2, -0.15) is 0 Å². The molecule has 4 unspecified atom stereocenters. The minimum Gasteiger partial charge on any atom is -0.327 e. The minimum absolute atomic E-state index is 0.285. The smallest absolute Gasteiger partial charge is 0.0131 e. The number of nitrogens with two attached hydrogens (primary N) is 1. The molecule has 94 valence electrons. The second kappa shape index (κ2) is 4.45. The summed E-state index contributed by atoms with van der Waals surface area (Å²) in [7, 11) is 0. The molecule has 0 heterocycles. The zero-order chi connectivity index (χ0) is 12.6. The van der Waals surface area contributed by atoms with Gasteiger partial charge < -0.3 is 5.73 Å². The second-order valence-corrected chi connectivity index (χ2v) is 5.82. The van der Waals surface area contributed by atoms with E-state index in [0.717, 1.165) is 6.42 Å². The van der Waals surface area contributed by atoms with Gasteiger partial charge in [0.25, 0.3) is 0 Å². The minimum atomic E-state index is 0.285. The Labute approximate surface area is 105 Å².